The van der Waals surface area contributed by atoms with E-state index in [4.69, 9.17) is 4.98 Å². The van der Waals surface area contributed by atoms with Crippen LogP contribution < -0.4 is 0 Å². The van der Waals surface area contributed by atoms with Gasteiger partial charge >= 0.3 is 0 Å². The highest BCUT2D eigenvalue weighted by Crippen LogP contribution is 2.40. The Labute approximate surface area is 146 Å². The van der Waals surface area contributed by atoms with Crippen LogP contribution in [0.4, 0.5) is 0 Å². The van der Waals surface area contributed by atoms with Gasteiger partial charge in [0.15, 0.2) is 0 Å². The van der Waals surface area contributed by atoms with Crippen molar-refractivity contribution in [2.24, 2.45) is 0 Å². The summed E-state index contributed by atoms with van der Waals surface area (Å²) in [5, 5.41) is 6.37. The molecule has 0 spiro atoms. The first-order valence-corrected chi connectivity index (χ1v) is 8.59. The van der Waals surface area contributed by atoms with Gasteiger partial charge in [0.05, 0.1) is 5.52 Å². The van der Waals surface area contributed by atoms with E-state index in [0.717, 1.165) is 5.52 Å². The maximum atomic E-state index is 4.69. The van der Waals surface area contributed by atoms with E-state index in [-0.39, 0.29) is 0 Å². The fourth-order valence-electron chi connectivity index (χ4n) is 3.94. The number of nitrogens with zero attached hydrogens (tertiary/aromatic N) is 1. The number of hydrogen-bond acceptors (Lipinski definition) is 1. The van der Waals surface area contributed by atoms with Crippen LogP contribution in [0.2, 0.25) is 0 Å². The lowest BCUT2D eigenvalue weighted by Crippen LogP contribution is -1.91. The summed E-state index contributed by atoms with van der Waals surface area (Å²) in [6, 6.07) is 28.0. The third kappa shape index (κ3) is 2.06. The summed E-state index contributed by atoms with van der Waals surface area (Å²) in [4.78, 5) is 4.69. The van der Waals surface area contributed by atoms with Crippen molar-refractivity contribution in [3.05, 3.63) is 90.6 Å². The van der Waals surface area contributed by atoms with Crippen molar-refractivity contribution in [1.29, 1.82) is 0 Å². The Morgan fingerprint density at radius 2 is 1.20 bits per heavy atom. The minimum atomic E-state index is 1.06. The summed E-state index contributed by atoms with van der Waals surface area (Å²) in [5.74, 6) is 0. The molecule has 1 nitrogen and oxygen atoms in total. The summed E-state index contributed by atoms with van der Waals surface area (Å²) >= 11 is 0. The second kappa shape index (κ2) is 5.42. The van der Waals surface area contributed by atoms with Crippen LogP contribution in [0.3, 0.4) is 0 Å². The van der Waals surface area contributed by atoms with Gasteiger partial charge in [0, 0.05) is 17.1 Å². The van der Waals surface area contributed by atoms with E-state index in [1.54, 1.807) is 0 Å². The van der Waals surface area contributed by atoms with E-state index in [1.807, 2.05) is 12.3 Å². The average Bonchev–Trinajstić information content (AvgIpc) is 2.68. The van der Waals surface area contributed by atoms with Crippen LogP contribution in [0.25, 0.3) is 43.6 Å². The minimum absolute atomic E-state index is 1.06. The van der Waals surface area contributed by atoms with E-state index in [1.165, 1.54) is 43.6 Å². The molecule has 0 unspecified atom stereocenters. The van der Waals surface area contributed by atoms with E-state index in [0.29, 0.717) is 0 Å². The minimum Gasteiger partial charge on any atom is -0.256 e. The number of benzene rings is 4. The molecule has 0 aliphatic rings. The first-order chi connectivity index (χ1) is 12.3. The van der Waals surface area contributed by atoms with Gasteiger partial charge in [-0.25, -0.2) is 0 Å². The molecule has 0 radical (unpaired) electrons. The van der Waals surface area contributed by atoms with Gasteiger partial charge in [-0.05, 0) is 45.7 Å². The van der Waals surface area contributed by atoms with E-state index >= 15 is 0 Å². The molecule has 0 N–H and O–H groups in total. The van der Waals surface area contributed by atoms with Crippen molar-refractivity contribution in [3.63, 3.8) is 0 Å². The first kappa shape index (κ1) is 14.2. The lowest BCUT2D eigenvalue weighted by Gasteiger charge is -2.16. The number of aryl methyl sites for hydroxylation is 1. The molecule has 25 heavy (non-hydrogen) atoms. The van der Waals surface area contributed by atoms with E-state index in [2.05, 4.69) is 79.7 Å². The molecular weight excluding hydrogens is 302 g/mol. The van der Waals surface area contributed by atoms with Crippen LogP contribution in [0, 0.1) is 6.92 Å². The van der Waals surface area contributed by atoms with Crippen LogP contribution >= 0.6 is 0 Å². The van der Waals surface area contributed by atoms with Gasteiger partial charge < -0.3 is 0 Å². The third-order valence-electron chi connectivity index (χ3n) is 5.10. The molecule has 1 heteroatoms. The standard InChI is InChI=1S/C24H17N/c1-16-18-10-2-4-12-20(18)23(21-13-5-3-11-19(16)21)22-14-6-8-17-9-7-15-25-24(17)22/h2-15H,1H3. The van der Waals surface area contributed by atoms with Crippen LogP contribution in [0.15, 0.2) is 85.1 Å². The zero-order valence-electron chi connectivity index (χ0n) is 14.0. The van der Waals surface area contributed by atoms with Crippen LogP contribution in [-0.4, -0.2) is 4.98 Å². The molecule has 1 heterocycles. The van der Waals surface area contributed by atoms with Gasteiger partial charge in [0.25, 0.3) is 0 Å². The number of hydrogen-bond donors (Lipinski definition) is 0. The molecule has 0 saturated carbocycles. The Balaban J connectivity index is 2.06. The van der Waals surface area contributed by atoms with E-state index < -0.39 is 0 Å². The summed E-state index contributed by atoms with van der Waals surface area (Å²) in [6.07, 6.45) is 1.88. The second-order valence-corrected chi connectivity index (χ2v) is 6.47. The van der Waals surface area contributed by atoms with Crippen molar-refractivity contribution in [2.75, 3.05) is 0 Å². The molecule has 0 amide bonds. The highest BCUT2D eigenvalue weighted by Gasteiger charge is 2.14. The van der Waals surface area contributed by atoms with Crippen LogP contribution in [0.1, 0.15) is 5.56 Å². The van der Waals surface area contributed by atoms with Crippen molar-refractivity contribution in [2.45, 2.75) is 6.92 Å². The van der Waals surface area contributed by atoms with Crippen LogP contribution in [-0.2, 0) is 0 Å². The van der Waals surface area contributed by atoms with Crippen molar-refractivity contribution in [1.82, 2.24) is 4.98 Å². The number of rotatable bonds is 1. The molecule has 4 aromatic carbocycles. The van der Waals surface area contributed by atoms with E-state index in [9.17, 15) is 0 Å². The zero-order chi connectivity index (χ0) is 16.8. The molecule has 0 aliphatic heterocycles. The quantitative estimate of drug-likeness (QED) is 0.321. The Morgan fingerprint density at radius 1 is 0.600 bits per heavy atom. The van der Waals surface area contributed by atoms with Gasteiger partial charge in [-0.1, -0.05) is 72.8 Å². The number of para-hydroxylation sites is 1. The van der Waals surface area contributed by atoms with Gasteiger partial charge in [-0.15, -0.1) is 0 Å². The lowest BCUT2D eigenvalue weighted by molar-refractivity contribution is 1.41. The van der Waals surface area contributed by atoms with Crippen molar-refractivity contribution in [3.8, 4) is 11.1 Å². The Hall–Kier alpha value is -3.19. The molecule has 0 fully saturated rings. The lowest BCUT2D eigenvalue weighted by atomic mass is 9.88. The van der Waals surface area contributed by atoms with Gasteiger partial charge in [-0.3, -0.25) is 4.98 Å². The van der Waals surface area contributed by atoms with Gasteiger partial charge in [0.1, 0.15) is 0 Å². The normalized spacial score (nSPS) is 11.4. The largest absolute Gasteiger partial charge is 0.256 e. The molecule has 0 bridgehead atoms. The highest BCUT2D eigenvalue weighted by atomic mass is 14.6. The smallest absolute Gasteiger partial charge is 0.0780 e. The summed E-state index contributed by atoms with van der Waals surface area (Å²) < 4.78 is 0. The molecular formula is C24H17N. The Kier molecular flexibility index (Phi) is 3.07. The highest BCUT2D eigenvalue weighted by molar-refractivity contribution is 6.17. The van der Waals surface area contributed by atoms with Crippen molar-refractivity contribution < 1.29 is 0 Å². The SMILES string of the molecule is Cc1c2ccccc2c(-c2cccc3cccnc23)c2ccccc12. The fourth-order valence-corrected chi connectivity index (χ4v) is 3.94. The molecule has 5 rings (SSSR count). The maximum Gasteiger partial charge on any atom is 0.0780 e. The average molecular weight is 319 g/mol. The summed E-state index contributed by atoms with van der Waals surface area (Å²) in [7, 11) is 0. The molecule has 118 valence electrons. The Morgan fingerprint density at radius 3 is 1.88 bits per heavy atom. The number of fused-ring (bicyclic) bond motifs is 3. The molecule has 0 saturated heterocycles. The van der Waals surface area contributed by atoms with Gasteiger partial charge in [0.2, 0.25) is 0 Å². The number of aromatic nitrogens is 1. The summed E-state index contributed by atoms with van der Waals surface area (Å²) in [5.41, 5.74) is 4.87. The van der Waals surface area contributed by atoms with Gasteiger partial charge in [-0.2, -0.15) is 0 Å². The molecule has 0 aliphatic carbocycles. The number of pyridine rings is 1. The van der Waals surface area contributed by atoms with Crippen molar-refractivity contribution >= 4 is 32.4 Å². The topological polar surface area (TPSA) is 12.9 Å². The zero-order valence-corrected chi connectivity index (χ0v) is 14.0. The Bertz CT molecular complexity index is 1190. The summed E-state index contributed by atoms with van der Waals surface area (Å²) in [6.45, 7) is 2.22. The monoisotopic (exact) mass is 319 g/mol. The second-order valence-electron chi connectivity index (χ2n) is 6.47. The first-order valence-electron chi connectivity index (χ1n) is 8.59. The molecule has 0 atom stereocenters. The molecule has 5 aromatic rings. The molecule has 1 aromatic heterocycles. The predicted molar refractivity (Wildman–Crippen MR) is 107 cm³/mol. The third-order valence-corrected chi connectivity index (χ3v) is 5.10. The maximum absolute atomic E-state index is 4.69. The predicted octanol–water partition coefficient (Wildman–Crippen LogP) is 6.52. The van der Waals surface area contributed by atoms with Crippen LogP contribution in [0.5, 0.6) is 0 Å². The fraction of sp³-hybridized carbons (Fsp3) is 0.0417.